The van der Waals surface area contributed by atoms with Gasteiger partial charge in [-0.2, -0.15) is 13.2 Å². The summed E-state index contributed by atoms with van der Waals surface area (Å²) in [5, 5.41) is 8.47. The van der Waals surface area contributed by atoms with Gasteiger partial charge in [-0.1, -0.05) is 36.4 Å². The minimum absolute atomic E-state index is 0.253. The fourth-order valence-corrected chi connectivity index (χ4v) is 1.62. The fraction of sp³-hybridized carbons (Fsp3) is 0.333. The molecule has 0 bridgehead atoms. The van der Waals surface area contributed by atoms with Crippen LogP contribution < -0.4 is 0 Å². The van der Waals surface area contributed by atoms with E-state index >= 15 is 0 Å². The monoisotopic (exact) mass is 300 g/mol. The fourth-order valence-electron chi connectivity index (χ4n) is 1.46. The number of benzene rings is 1. The highest BCUT2D eigenvalue weighted by atomic mass is 35.5. The molecule has 0 aromatic heterocycles. The predicted molar refractivity (Wildman–Crippen MR) is 61.1 cm³/mol. The smallest absolute Gasteiger partial charge is 0.381 e. The Morgan fingerprint density at radius 1 is 1.26 bits per heavy atom. The van der Waals surface area contributed by atoms with Gasteiger partial charge < -0.3 is 5.11 Å². The molecule has 7 heteroatoms. The first-order valence-electron chi connectivity index (χ1n) is 5.10. The number of aliphatic hydroxyl groups is 1. The number of hydrogen-bond acceptors (Lipinski definition) is 1. The van der Waals surface area contributed by atoms with Crippen molar-refractivity contribution in [2.75, 3.05) is 0 Å². The van der Waals surface area contributed by atoms with Crippen molar-refractivity contribution in [2.45, 2.75) is 24.6 Å². The Kier molecular flexibility index (Phi) is 4.58. The molecule has 1 aromatic carbocycles. The maximum Gasteiger partial charge on any atom is 0.416 e. The van der Waals surface area contributed by atoms with Gasteiger partial charge in [0.1, 0.15) is 0 Å². The molecule has 0 aliphatic carbocycles. The van der Waals surface area contributed by atoms with Gasteiger partial charge in [0.2, 0.25) is 0 Å². The molecule has 0 spiro atoms. The lowest BCUT2D eigenvalue weighted by atomic mass is 10.0. The van der Waals surface area contributed by atoms with Gasteiger partial charge in [0.05, 0.1) is 5.56 Å². The lowest BCUT2D eigenvalue weighted by molar-refractivity contribution is -0.137. The summed E-state index contributed by atoms with van der Waals surface area (Å²) in [4.78, 5) is 0. The van der Waals surface area contributed by atoms with Crippen molar-refractivity contribution in [1.82, 2.24) is 0 Å². The van der Waals surface area contributed by atoms with Gasteiger partial charge in [0, 0.05) is 11.5 Å². The molecular weight excluding hydrogens is 291 g/mol. The van der Waals surface area contributed by atoms with E-state index in [2.05, 4.69) is 6.58 Å². The van der Waals surface area contributed by atoms with Crippen LogP contribution in [0.5, 0.6) is 0 Å². The molecule has 19 heavy (non-hydrogen) atoms. The highest BCUT2D eigenvalue weighted by Gasteiger charge is 2.40. The van der Waals surface area contributed by atoms with Gasteiger partial charge in [-0.15, -0.1) is 0 Å². The van der Waals surface area contributed by atoms with Crippen LogP contribution in [-0.2, 0) is 12.6 Å². The zero-order chi connectivity index (χ0) is 14.8. The molecule has 0 amide bonds. The summed E-state index contributed by atoms with van der Waals surface area (Å²) in [6.45, 7) is 2.98. The minimum Gasteiger partial charge on any atom is -0.381 e. The first-order chi connectivity index (χ1) is 8.54. The zero-order valence-corrected chi connectivity index (χ0v) is 10.3. The standard InChI is InChI=1S/C12H10ClF5O/c1-7(13)10(19)11(14,15)6-8-3-2-4-9(5-8)12(16,17)18/h2-5,10,19H,1,6H2. The van der Waals surface area contributed by atoms with Crippen molar-refractivity contribution in [3.8, 4) is 0 Å². The average molecular weight is 301 g/mol. The van der Waals surface area contributed by atoms with Gasteiger partial charge in [-0.3, -0.25) is 0 Å². The van der Waals surface area contributed by atoms with E-state index in [1.54, 1.807) is 0 Å². The Morgan fingerprint density at radius 3 is 2.32 bits per heavy atom. The van der Waals surface area contributed by atoms with Crippen molar-refractivity contribution < 1.29 is 27.1 Å². The molecule has 0 fully saturated rings. The van der Waals surface area contributed by atoms with Gasteiger partial charge in [-0.05, 0) is 11.6 Å². The second-order valence-electron chi connectivity index (χ2n) is 3.99. The Hall–Kier alpha value is -1.14. The molecule has 0 saturated carbocycles. The van der Waals surface area contributed by atoms with Crippen LogP contribution in [0.2, 0.25) is 0 Å². The van der Waals surface area contributed by atoms with Gasteiger partial charge >= 0.3 is 6.18 Å². The number of hydrogen-bond donors (Lipinski definition) is 1. The number of alkyl halides is 5. The number of halogens is 6. The predicted octanol–water partition coefficient (Wildman–Crippen LogP) is 4.00. The van der Waals surface area contributed by atoms with Crippen LogP contribution >= 0.6 is 11.6 Å². The van der Waals surface area contributed by atoms with E-state index in [4.69, 9.17) is 16.7 Å². The van der Waals surface area contributed by atoms with Crippen LogP contribution in [0.15, 0.2) is 35.9 Å². The molecule has 0 aliphatic heterocycles. The molecule has 1 atom stereocenters. The highest BCUT2D eigenvalue weighted by molar-refractivity contribution is 6.29. The second kappa shape index (κ2) is 5.46. The molecule has 1 nitrogen and oxygen atoms in total. The quantitative estimate of drug-likeness (QED) is 0.833. The molecule has 1 rings (SSSR count). The van der Waals surface area contributed by atoms with E-state index in [-0.39, 0.29) is 5.56 Å². The molecule has 0 saturated heterocycles. The van der Waals surface area contributed by atoms with Crippen LogP contribution in [0, 0.1) is 0 Å². The second-order valence-corrected chi connectivity index (χ2v) is 4.47. The van der Waals surface area contributed by atoms with Crippen LogP contribution in [0.3, 0.4) is 0 Å². The Labute approximate surface area is 111 Å². The average Bonchev–Trinajstić information content (AvgIpc) is 2.26. The van der Waals surface area contributed by atoms with Gasteiger partial charge in [0.25, 0.3) is 5.92 Å². The summed E-state index contributed by atoms with van der Waals surface area (Å²) >= 11 is 5.18. The topological polar surface area (TPSA) is 20.2 Å². The SMILES string of the molecule is C=C(Cl)C(O)C(F)(F)Cc1cccc(C(F)(F)F)c1. The lowest BCUT2D eigenvalue weighted by Crippen LogP contribution is -2.35. The molecule has 0 aliphatic rings. The molecule has 106 valence electrons. The zero-order valence-electron chi connectivity index (χ0n) is 9.52. The summed E-state index contributed by atoms with van der Waals surface area (Å²) in [7, 11) is 0. The third-order valence-electron chi connectivity index (χ3n) is 2.39. The van der Waals surface area contributed by atoms with Crippen LogP contribution in [0.4, 0.5) is 22.0 Å². The normalized spacial score (nSPS) is 14.3. The van der Waals surface area contributed by atoms with E-state index in [9.17, 15) is 22.0 Å². The summed E-state index contributed by atoms with van der Waals surface area (Å²) in [5.74, 6) is -3.69. The van der Waals surface area contributed by atoms with Crippen LogP contribution in [0.1, 0.15) is 11.1 Å². The molecule has 1 N–H and O–H groups in total. The van der Waals surface area contributed by atoms with E-state index in [1.807, 2.05) is 0 Å². The number of rotatable bonds is 4. The summed E-state index contributed by atoms with van der Waals surface area (Å²) in [6, 6.07) is 3.53. The van der Waals surface area contributed by atoms with Crippen molar-refractivity contribution in [3.05, 3.63) is 47.0 Å². The summed E-state index contributed by atoms with van der Waals surface area (Å²) in [5.41, 5.74) is -1.28. The molecule has 1 aromatic rings. The largest absolute Gasteiger partial charge is 0.416 e. The van der Waals surface area contributed by atoms with E-state index in [1.165, 1.54) is 0 Å². The van der Waals surface area contributed by atoms with E-state index in [0.29, 0.717) is 6.07 Å². The lowest BCUT2D eigenvalue weighted by Gasteiger charge is -2.22. The van der Waals surface area contributed by atoms with E-state index < -0.39 is 35.2 Å². The maximum atomic E-state index is 13.5. The number of aliphatic hydroxyl groups excluding tert-OH is 1. The highest BCUT2D eigenvalue weighted by Crippen LogP contribution is 2.33. The van der Waals surface area contributed by atoms with Crippen LogP contribution in [-0.4, -0.2) is 17.1 Å². The third-order valence-corrected chi connectivity index (χ3v) is 2.60. The third kappa shape index (κ3) is 4.18. The Balaban J connectivity index is 2.97. The van der Waals surface area contributed by atoms with Crippen LogP contribution in [0.25, 0.3) is 0 Å². The van der Waals surface area contributed by atoms with E-state index in [0.717, 1.165) is 18.2 Å². The minimum atomic E-state index is -4.61. The van der Waals surface area contributed by atoms with Crippen molar-refractivity contribution in [2.24, 2.45) is 0 Å². The Morgan fingerprint density at radius 2 is 1.84 bits per heavy atom. The van der Waals surface area contributed by atoms with Crippen molar-refractivity contribution in [1.29, 1.82) is 0 Å². The van der Waals surface area contributed by atoms with Crippen molar-refractivity contribution >= 4 is 11.6 Å². The van der Waals surface area contributed by atoms with Gasteiger partial charge in [0.15, 0.2) is 6.10 Å². The summed E-state index contributed by atoms with van der Waals surface area (Å²) in [6.07, 6.45) is -7.99. The first-order valence-corrected chi connectivity index (χ1v) is 5.48. The molecule has 1 unspecified atom stereocenters. The first kappa shape index (κ1) is 15.9. The maximum absolute atomic E-state index is 13.5. The van der Waals surface area contributed by atoms with Crippen molar-refractivity contribution in [3.63, 3.8) is 0 Å². The molecular formula is C12H10ClF5O. The molecule has 0 radical (unpaired) electrons. The Bertz CT molecular complexity index is 469. The molecule has 0 heterocycles. The van der Waals surface area contributed by atoms with Gasteiger partial charge in [-0.25, -0.2) is 8.78 Å². The summed E-state index contributed by atoms with van der Waals surface area (Å²) < 4.78 is 64.3.